The van der Waals surface area contributed by atoms with Crippen molar-refractivity contribution in [2.45, 2.75) is 26.2 Å². The highest BCUT2D eigenvalue weighted by Crippen LogP contribution is 2.32. The molecule has 2 rings (SSSR count). The smallest absolute Gasteiger partial charge is 0.0459 e. The normalized spacial score (nSPS) is 12.2. The van der Waals surface area contributed by atoms with Gasteiger partial charge in [0.1, 0.15) is 0 Å². The molecule has 0 atom stereocenters. The molecule has 0 unspecified atom stereocenters. The lowest BCUT2D eigenvalue weighted by Gasteiger charge is -2.26. The predicted octanol–water partition coefficient (Wildman–Crippen LogP) is 2.26. The fraction of sp³-hybridized carbons (Fsp3) is 0.429. The largest absolute Gasteiger partial charge is 0.358 e. The monoisotopic (exact) mass is 231 g/mol. The number of aryl methyl sites for hydroxylation is 1. The van der Waals surface area contributed by atoms with Crippen LogP contribution in [0.4, 0.5) is 0 Å². The van der Waals surface area contributed by atoms with Gasteiger partial charge in [0.05, 0.1) is 0 Å². The number of nitrogens with one attached hydrogen (secondary N) is 2. The minimum absolute atomic E-state index is 0.0725. The van der Waals surface area contributed by atoms with Gasteiger partial charge in [0.2, 0.25) is 0 Å². The molecule has 17 heavy (non-hydrogen) atoms. The summed E-state index contributed by atoms with van der Waals surface area (Å²) >= 11 is 0. The van der Waals surface area contributed by atoms with Gasteiger partial charge in [-0.1, -0.05) is 32.0 Å². The molecule has 92 valence electrons. The van der Waals surface area contributed by atoms with Gasteiger partial charge in [-0.25, -0.2) is 0 Å². The van der Waals surface area contributed by atoms with Crippen molar-refractivity contribution in [3.05, 3.63) is 35.5 Å². The zero-order valence-corrected chi connectivity index (χ0v) is 10.8. The number of rotatable bonds is 4. The molecule has 4 N–H and O–H groups in total. The van der Waals surface area contributed by atoms with E-state index in [-0.39, 0.29) is 5.41 Å². The Hall–Kier alpha value is -1.32. The van der Waals surface area contributed by atoms with E-state index in [1.54, 1.807) is 0 Å². The van der Waals surface area contributed by atoms with Crippen molar-refractivity contribution in [3.8, 4) is 0 Å². The minimum Gasteiger partial charge on any atom is -0.358 e. The molecular weight excluding hydrogens is 210 g/mol. The molecule has 3 nitrogen and oxygen atoms in total. The molecule has 1 heterocycles. The zero-order valence-electron chi connectivity index (χ0n) is 10.8. The van der Waals surface area contributed by atoms with E-state index in [1.807, 2.05) is 0 Å². The number of nitrogens with two attached hydrogens (primary N) is 1. The summed E-state index contributed by atoms with van der Waals surface area (Å²) in [5.41, 5.74) is 9.43. The fourth-order valence-electron chi connectivity index (χ4n) is 2.62. The van der Waals surface area contributed by atoms with E-state index in [9.17, 15) is 0 Å². The second kappa shape index (κ2) is 4.51. The van der Waals surface area contributed by atoms with Crippen molar-refractivity contribution in [3.63, 3.8) is 0 Å². The minimum atomic E-state index is 0.0725. The van der Waals surface area contributed by atoms with Crippen LogP contribution in [0.1, 0.15) is 25.1 Å². The van der Waals surface area contributed by atoms with Crippen LogP contribution in [0.15, 0.2) is 24.3 Å². The maximum atomic E-state index is 5.52. The van der Waals surface area contributed by atoms with Gasteiger partial charge < -0.3 is 16.0 Å². The first-order chi connectivity index (χ1) is 8.06. The topological polar surface area (TPSA) is 53.8 Å². The summed E-state index contributed by atoms with van der Waals surface area (Å²) in [6.45, 7) is 8.03. The molecule has 0 bridgehead atoms. The number of H-pyrrole nitrogens is 1. The van der Waals surface area contributed by atoms with Gasteiger partial charge in [0.25, 0.3) is 0 Å². The SMILES string of the molecule is Cc1[nH]c2ccccc2c1C(C)(C)CNCN. The Bertz CT molecular complexity index is 511. The average Bonchev–Trinajstić information content (AvgIpc) is 2.63. The molecule has 2 aromatic rings. The lowest BCUT2D eigenvalue weighted by Crippen LogP contribution is -2.36. The quantitative estimate of drug-likeness (QED) is 0.707. The summed E-state index contributed by atoms with van der Waals surface area (Å²) in [6, 6.07) is 8.45. The zero-order chi connectivity index (χ0) is 12.5. The van der Waals surface area contributed by atoms with Crippen molar-refractivity contribution in [1.82, 2.24) is 10.3 Å². The predicted molar refractivity (Wildman–Crippen MR) is 73.1 cm³/mol. The molecule has 0 radical (unpaired) electrons. The number of benzene rings is 1. The number of aromatic nitrogens is 1. The van der Waals surface area contributed by atoms with E-state index in [0.29, 0.717) is 6.67 Å². The van der Waals surface area contributed by atoms with Crippen molar-refractivity contribution in [2.75, 3.05) is 13.2 Å². The van der Waals surface area contributed by atoms with Crippen LogP contribution >= 0.6 is 0 Å². The number of hydrogen-bond acceptors (Lipinski definition) is 2. The molecule has 0 fully saturated rings. The molecule has 0 aliphatic carbocycles. The van der Waals surface area contributed by atoms with Gasteiger partial charge >= 0.3 is 0 Å². The molecule has 1 aromatic heterocycles. The van der Waals surface area contributed by atoms with Crippen LogP contribution in [0.5, 0.6) is 0 Å². The first-order valence-corrected chi connectivity index (χ1v) is 6.05. The van der Waals surface area contributed by atoms with E-state index in [0.717, 1.165) is 6.54 Å². The summed E-state index contributed by atoms with van der Waals surface area (Å²) in [7, 11) is 0. The van der Waals surface area contributed by atoms with E-state index < -0.39 is 0 Å². The maximum absolute atomic E-state index is 5.52. The van der Waals surface area contributed by atoms with Crippen molar-refractivity contribution >= 4 is 10.9 Å². The number of aromatic amines is 1. The standard InChI is InChI=1S/C14H21N3/c1-10-13(14(2,3)8-16-9-15)11-6-4-5-7-12(11)17-10/h4-7,16-17H,8-9,15H2,1-3H3. The first kappa shape index (κ1) is 12.1. The molecule has 0 amide bonds. The lowest BCUT2D eigenvalue weighted by molar-refractivity contribution is 0.475. The molecule has 3 heteroatoms. The van der Waals surface area contributed by atoms with Gasteiger partial charge in [-0.05, 0) is 18.6 Å². The molecule has 0 aliphatic rings. The summed E-state index contributed by atoms with van der Waals surface area (Å²) in [4.78, 5) is 3.45. The van der Waals surface area contributed by atoms with E-state index in [2.05, 4.69) is 55.3 Å². The lowest BCUT2D eigenvalue weighted by atomic mass is 9.82. The fourth-order valence-corrected chi connectivity index (χ4v) is 2.62. The third-order valence-electron chi connectivity index (χ3n) is 3.28. The summed E-state index contributed by atoms with van der Waals surface area (Å²) in [5, 5.41) is 4.55. The second-order valence-corrected chi connectivity index (χ2v) is 5.19. The van der Waals surface area contributed by atoms with Crippen molar-refractivity contribution < 1.29 is 0 Å². The Morgan fingerprint density at radius 1 is 1.29 bits per heavy atom. The van der Waals surface area contributed by atoms with E-state index in [4.69, 9.17) is 5.73 Å². The van der Waals surface area contributed by atoms with Crippen LogP contribution in [0.25, 0.3) is 10.9 Å². The summed E-state index contributed by atoms with van der Waals surface area (Å²) in [6.07, 6.45) is 0. The Labute approximate surface area is 102 Å². The molecule has 0 aliphatic heterocycles. The third kappa shape index (κ3) is 2.21. The van der Waals surface area contributed by atoms with Crippen LogP contribution in [0, 0.1) is 6.92 Å². The molecule has 0 saturated heterocycles. The van der Waals surface area contributed by atoms with Gasteiger partial charge in [-0.15, -0.1) is 0 Å². The van der Waals surface area contributed by atoms with Gasteiger partial charge in [-0.2, -0.15) is 0 Å². The molecular formula is C14H21N3. The van der Waals surface area contributed by atoms with Crippen LogP contribution in [0.2, 0.25) is 0 Å². The maximum Gasteiger partial charge on any atom is 0.0459 e. The average molecular weight is 231 g/mol. The molecule has 1 aromatic carbocycles. The third-order valence-corrected chi connectivity index (χ3v) is 3.28. The van der Waals surface area contributed by atoms with Crippen molar-refractivity contribution in [1.29, 1.82) is 0 Å². The second-order valence-electron chi connectivity index (χ2n) is 5.19. The van der Waals surface area contributed by atoms with Gasteiger partial charge in [0.15, 0.2) is 0 Å². The first-order valence-electron chi connectivity index (χ1n) is 6.05. The molecule has 0 saturated carbocycles. The summed E-state index contributed by atoms with van der Waals surface area (Å²) < 4.78 is 0. The van der Waals surface area contributed by atoms with Gasteiger partial charge in [-0.3, -0.25) is 0 Å². The Morgan fingerprint density at radius 2 is 2.00 bits per heavy atom. The van der Waals surface area contributed by atoms with E-state index >= 15 is 0 Å². The Kier molecular flexibility index (Phi) is 3.22. The number of fused-ring (bicyclic) bond motifs is 1. The highest BCUT2D eigenvalue weighted by atomic mass is 15.0. The molecule has 0 spiro atoms. The summed E-state index contributed by atoms with van der Waals surface area (Å²) in [5.74, 6) is 0. The Morgan fingerprint density at radius 3 is 2.71 bits per heavy atom. The van der Waals surface area contributed by atoms with Crippen molar-refractivity contribution in [2.24, 2.45) is 5.73 Å². The highest BCUT2D eigenvalue weighted by Gasteiger charge is 2.25. The number of hydrogen-bond donors (Lipinski definition) is 3. The number of para-hydroxylation sites is 1. The van der Waals surface area contributed by atoms with Crippen LogP contribution in [-0.4, -0.2) is 18.2 Å². The highest BCUT2D eigenvalue weighted by molar-refractivity contribution is 5.85. The van der Waals surface area contributed by atoms with Crippen LogP contribution in [0.3, 0.4) is 0 Å². The van der Waals surface area contributed by atoms with Gasteiger partial charge in [0, 0.05) is 35.2 Å². The Balaban J connectivity index is 2.50. The van der Waals surface area contributed by atoms with Crippen LogP contribution < -0.4 is 11.1 Å². The van der Waals surface area contributed by atoms with Crippen LogP contribution in [-0.2, 0) is 5.41 Å². The van der Waals surface area contributed by atoms with E-state index in [1.165, 1.54) is 22.2 Å².